The van der Waals surface area contributed by atoms with Crippen LogP contribution in [0.3, 0.4) is 0 Å². The van der Waals surface area contributed by atoms with Crippen LogP contribution < -0.4 is 5.32 Å². The van der Waals surface area contributed by atoms with Gasteiger partial charge >= 0.3 is 5.97 Å². The van der Waals surface area contributed by atoms with E-state index in [9.17, 15) is 4.79 Å². The first kappa shape index (κ1) is 9.60. The molecule has 0 aliphatic rings. The monoisotopic (exact) mass is 221 g/mol. The second kappa shape index (κ2) is 4.05. The molecule has 0 spiro atoms. The number of anilines is 2. The van der Waals surface area contributed by atoms with Crippen molar-refractivity contribution in [2.75, 3.05) is 5.32 Å². The van der Waals surface area contributed by atoms with Gasteiger partial charge in [0.25, 0.3) is 0 Å². The van der Waals surface area contributed by atoms with Crippen LogP contribution in [0.4, 0.5) is 11.5 Å². The largest absolute Gasteiger partial charge is 0.477 e. The molecule has 2 aromatic heterocycles. The number of aromatic carboxylic acids is 1. The molecule has 5 nitrogen and oxygen atoms in total. The molecule has 2 aromatic rings. The Bertz CT molecular complexity index is 469. The Labute approximate surface area is 89.4 Å². The van der Waals surface area contributed by atoms with Gasteiger partial charge in [0.1, 0.15) is 10.7 Å². The van der Waals surface area contributed by atoms with E-state index in [2.05, 4.69) is 15.3 Å². The molecular weight excluding hydrogens is 214 g/mol. The number of carboxylic acid groups (broad SMARTS) is 1. The van der Waals surface area contributed by atoms with Crippen LogP contribution >= 0.6 is 11.3 Å². The van der Waals surface area contributed by atoms with Gasteiger partial charge in [0.05, 0.1) is 11.9 Å². The molecule has 2 rings (SSSR count). The number of thiophene rings is 1. The lowest BCUT2D eigenvalue weighted by atomic mass is 10.4. The van der Waals surface area contributed by atoms with Crippen LogP contribution in [0, 0.1) is 0 Å². The number of nitrogens with zero attached hydrogens (tertiary/aromatic N) is 2. The van der Waals surface area contributed by atoms with E-state index in [0.29, 0.717) is 11.5 Å². The summed E-state index contributed by atoms with van der Waals surface area (Å²) in [5, 5.41) is 13.5. The van der Waals surface area contributed by atoms with Crippen LogP contribution in [0.5, 0.6) is 0 Å². The van der Waals surface area contributed by atoms with Crippen molar-refractivity contribution >= 4 is 28.8 Å². The molecule has 15 heavy (non-hydrogen) atoms. The molecule has 0 radical (unpaired) electrons. The third-order valence-electron chi connectivity index (χ3n) is 1.69. The molecule has 0 aromatic carbocycles. The van der Waals surface area contributed by atoms with E-state index >= 15 is 0 Å². The van der Waals surface area contributed by atoms with Gasteiger partial charge in [0, 0.05) is 12.4 Å². The molecule has 0 atom stereocenters. The van der Waals surface area contributed by atoms with E-state index in [1.54, 1.807) is 17.6 Å². The van der Waals surface area contributed by atoms with Crippen LogP contribution in [0.1, 0.15) is 9.67 Å². The van der Waals surface area contributed by atoms with Gasteiger partial charge in [0.2, 0.25) is 0 Å². The highest BCUT2D eigenvalue weighted by molar-refractivity contribution is 7.12. The maximum absolute atomic E-state index is 10.8. The highest BCUT2D eigenvalue weighted by Gasteiger charge is 2.11. The molecular formula is C9H7N3O2S. The fourth-order valence-corrected chi connectivity index (χ4v) is 1.76. The van der Waals surface area contributed by atoms with Crippen LogP contribution in [0.25, 0.3) is 0 Å². The van der Waals surface area contributed by atoms with Crippen molar-refractivity contribution in [2.45, 2.75) is 0 Å². The quantitative estimate of drug-likeness (QED) is 0.828. The SMILES string of the molecule is O=C(O)c1sccc1Nc1cnccn1. The summed E-state index contributed by atoms with van der Waals surface area (Å²) in [6.45, 7) is 0. The van der Waals surface area contributed by atoms with Crippen molar-refractivity contribution in [3.63, 3.8) is 0 Å². The van der Waals surface area contributed by atoms with Gasteiger partial charge in [-0.1, -0.05) is 0 Å². The molecule has 0 bridgehead atoms. The first-order valence-corrected chi connectivity index (χ1v) is 4.99. The Kier molecular flexibility index (Phi) is 2.59. The fraction of sp³-hybridized carbons (Fsp3) is 0. The summed E-state index contributed by atoms with van der Waals surface area (Å²) in [5.41, 5.74) is 0.535. The topological polar surface area (TPSA) is 75.1 Å². The van der Waals surface area contributed by atoms with Crippen molar-refractivity contribution in [1.82, 2.24) is 9.97 Å². The average Bonchev–Trinajstić information content (AvgIpc) is 2.67. The average molecular weight is 221 g/mol. The molecule has 0 aliphatic heterocycles. The Hall–Kier alpha value is -1.95. The van der Waals surface area contributed by atoms with E-state index in [-0.39, 0.29) is 4.88 Å². The molecule has 0 amide bonds. The van der Waals surface area contributed by atoms with Crippen LogP contribution in [-0.4, -0.2) is 21.0 Å². The zero-order valence-corrected chi connectivity index (χ0v) is 8.36. The molecule has 2 N–H and O–H groups in total. The molecule has 2 heterocycles. The summed E-state index contributed by atoms with van der Waals surface area (Å²) in [6, 6.07) is 1.70. The number of hydrogen-bond acceptors (Lipinski definition) is 5. The standard InChI is InChI=1S/C9H7N3O2S/c13-9(14)8-6(1-4-15-8)12-7-5-10-2-3-11-7/h1-5H,(H,11,12)(H,13,14). The van der Waals surface area contributed by atoms with Gasteiger partial charge in [-0.15, -0.1) is 11.3 Å². The van der Waals surface area contributed by atoms with E-state index in [1.807, 2.05) is 0 Å². The summed E-state index contributed by atoms with van der Waals surface area (Å²) in [7, 11) is 0. The fourth-order valence-electron chi connectivity index (χ4n) is 1.07. The third-order valence-corrected chi connectivity index (χ3v) is 2.59. The van der Waals surface area contributed by atoms with Gasteiger partial charge in [-0.3, -0.25) is 4.98 Å². The first-order chi connectivity index (χ1) is 7.27. The summed E-state index contributed by atoms with van der Waals surface area (Å²) in [5.74, 6) is -0.421. The molecule has 0 unspecified atom stereocenters. The predicted octanol–water partition coefficient (Wildman–Crippen LogP) is 1.98. The van der Waals surface area contributed by atoms with Gasteiger partial charge in [-0.05, 0) is 11.4 Å². The van der Waals surface area contributed by atoms with Crippen molar-refractivity contribution in [3.8, 4) is 0 Å². The summed E-state index contributed by atoms with van der Waals surface area (Å²) in [6.07, 6.45) is 4.62. The van der Waals surface area contributed by atoms with Gasteiger partial charge < -0.3 is 10.4 Å². The van der Waals surface area contributed by atoms with Crippen molar-refractivity contribution < 1.29 is 9.90 Å². The van der Waals surface area contributed by atoms with Crippen molar-refractivity contribution in [1.29, 1.82) is 0 Å². The summed E-state index contributed by atoms with van der Waals surface area (Å²) < 4.78 is 0. The number of nitrogens with one attached hydrogen (secondary N) is 1. The first-order valence-electron chi connectivity index (χ1n) is 4.11. The van der Waals surface area contributed by atoms with Crippen molar-refractivity contribution in [2.24, 2.45) is 0 Å². The second-order valence-electron chi connectivity index (χ2n) is 2.68. The summed E-state index contributed by atoms with van der Waals surface area (Å²) in [4.78, 5) is 18.9. The van der Waals surface area contributed by atoms with Gasteiger partial charge in [-0.2, -0.15) is 0 Å². The van der Waals surface area contributed by atoms with Gasteiger partial charge in [0.15, 0.2) is 0 Å². The maximum Gasteiger partial charge on any atom is 0.348 e. The normalized spacial score (nSPS) is 9.87. The molecule has 0 fully saturated rings. The van der Waals surface area contributed by atoms with E-state index in [0.717, 1.165) is 0 Å². The lowest BCUT2D eigenvalue weighted by Gasteiger charge is -2.02. The van der Waals surface area contributed by atoms with Crippen LogP contribution in [0.15, 0.2) is 30.0 Å². The Morgan fingerprint density at radius 1 is 1.47 bits per heavy atom. The maximum atomic E-state index is 10.8. The van der Waals surface area contributed by atoms with Gasteiger partial charge in [-0.25, -0.2) is 9.78 Å². The minimum Gasteiger partial charge on any atom is -0.477 e. The number of aromatic nitrogens is 2. The zero-order valence-electron chi connectivity index (χ0n) is 7.54. The summed E-state index contributed by atoms with van der Waals surface area (Å²) >= 11 is 1.17. The zero-order chi connectivity index (χ0) is 10.7. The van der Waals surface area contributed by atoms with Crippen LogP contribution in [0.2, 0.25) is 0 Å². The predicted molar refractivity (Wildman–Crippen MR) is 56.6 cm³/mol. The smallest absolute Gasteiger partial charge is 0.348 e. The number of rotatable bonds is 3. The Morgan fingerprint density at radius 2 is 2.33 bits per heavy atom. The highest BCUT2D eigenvalue weighted by Crippen LogP contribution is 2.24. The van der Waals surface area contributed by atoms with E-state index < -0.39 is 5.97 Å². The molecule has 6 heteroatoms. The Balaban J connectivity index is 2.25. The Morgan fingerprint density at radius 3 is 3.00 bits per heavy atom. The minimum atomic E-state index is -0.948. The minimum absolute atomic E-state index is 0.264. The van der Waals surface area contributed by atoms with E-state index in [4.69, 9.17) is 5.11 Å². The second-order valence-corrected chi connectivity index (χ2v) is 3.60. The number of carbonyl (C=O) groups is 1. The lowest BCUT2D eigenvalue weighted by Crippen LogP contribution is -1.99. The van der Waals surface area contributed by atoms with E-state index in [1.165, 1.54) is 23.7 Å². The van der Waals surface area contributed by atoms with Crippen molar-refractivity contribution in [3.05, 3.63) is 34.9 Å². The number of hydrogen-bond donors (Lipinski definition) is 2. The number of carboxylic acids is 1. The molecule has 76 valence electrons. The third kappa shape index (κ3) is 2.10. The molecule has 0 saturated heterocycles. The van der Waals surface area contributed by atoms with Crippen LogP contribution in [-0.2, 0) is 0 Å². The molecule has 0 saturated carbocycles. The lowest BCUT2D eigenvalue weighted by molar-refractivity contribution is 0.0703. The highest BCUT2D eigenvalue weighted by atomic mass is 32.1. The molecule has 0 aliphatic carbocycles.